The Morgan fingerprint density at radius 2 is 2.35 bits per heavy atom. The third-order valence-corrected chi connectivity index (χ3v) is 3.38. The number of anilines is 1. The van der Waals surface area contributed by atoms with Gasteiger partial charge >= 0.3 is 0 Å². The second-order valence-corrected chi connectivity index (χ2v) is 5.64. The zero-order valence-corrected chi connectivity index (χ0v) is 12.0. The molecule has 1 aliphatic heterocycles. The first-order valence-corrected chi connectivity index (χ1v) is 6.62. The lowest BCUT2D eigenvalue weighted by Gasteiger charge is -2.35. The molecule has 1 aromatic heterocycles. The van der Waals surface area contributed by atoms with Crippen LogP contribution in [0.3, 0.4) is 0 Å². The van der Waals surface area contributed by atoms with E-state index in [1.165, 1.54) is 0 Å². The van der Waals surface area contributed by atoms with Crippen LogP contribution in [0.4, 0.5) is 5.88 Å². The van der Waals surface area contributed by atoms with Gasteiger partial charge in [-0.3, -0.25) is 19.8 Å². The first-order valence-electron chi connectivity index (χ1n) is 6.62. The van der Waals surface area contributed by atoms with Crippen LogP contribution in [0.2, 0.25) is 0 Å². The lowest BCUT2D eigenvalue weighted by molar-refractivity contribution is -0.123. The summed E-state index contributed by atoms with van der Waals surface area (Å²) in [5.41, 5.74) is 0.361. The lowest BCUT2D eigenvalue weighted by atomic mass is 9.98. The van der Waals surface area contributed by atoms with Crippen LogP contribution in [0.5, 0.6) is 0 Å². The lowest BCUT2D eigenvalue weighted by Crippen LogP contribution is -2.48. The minimum atomic E-state index is -0.352. The predicted octanol–water partition coefficient (Wildman–Crippen LogP) is 0.522. The van der Waals surface area contributed by atoms with Crippen molar-refractivity contribution in [2.24, 2.45) is 0 Å². The second-order valence-electron chi connectivity index (χ2n) is 5.64. The minimum absolute atomic E-state index is 0.0174. The average Bonchev–Trinajstić information content (AvgIpc) is 2.66. The molecule has 1 fully saturated rings. The predicted molar refractivity (Wildman–Crippen MR) is 73.1 cm³/mol. The quantitative estimate of drug-likeness (QED) is 0.843. The van der Waals surface area contributed by atoms with Gasteiger partial charge in [0, 0.05) is 31.1 Å². The Morgan fingerprint density at radius 1 is 1.60 bits per heavy atom. The molecule has 0 unspecified atom stereocenters. The third kappa shape index (κ3) is 3.57. The van der Waals surface area contributed by atoms with Crippen LogP contribution in [-0.2, 0) is 9.59 Å². The maximum Gasteiger partial charge on any atom is 0.240 e. The van der Waals surface area contributed by atoms with E-state index in [1.807, 2.05) is 18.7 Å². The van der Waals surface area contributed by atoms with Gasteiger partial charge in [0.05, 0.1) is 12.2 Å². The molecule has 110 valence electrons. The maximum atomic E-state index is 12.0. The second kappa shape index (κ2) is 5.62. The molecule has 0 saturated carbocycles. The number of carbonyl (C=O) groups is 2. The summed E-state index contributed by atoms with van der Waals surface area (Å²) in [6.07, 6.45) is 0.377. The number of amides is 2. The van der Waals surface area contributed by atoms with Crippen molar-refractivity contribution in [1.29, 1.82) is 0 Å². The molecule has 0 spiro atoms. The highest BCUT2D eigenvalue weighted by molar-refractivity contribution is 5.91. The van der Waals surface area contributed by atoms with Gasteiger partial charge in [0.25, 0.3) is 0 Å². The molecule has 0 aliphatic carbocycles. The molecule has 0 bridgehead atoms. The van der Waals surface area contributed by atoms with Gasteiger partial charge in [0.1, 0.15) is 0 Å². The summed E-state index contributed by atoms with van der Waals surface area (Å²) in [5.74, 6) is 0.182. The van der Waals surface area contributed by atoms with E-state index in [-0.39, 0.29) is 23.9 Å². The largest absolute Gasteiger partial charge is 0.355 e. The molecule has 7 nitrogen and oxygen atoms in total. The number of nitrogens with one attached hydrogen (secondary N) is 2. The topological polar surface area (TPSA) is 87.5 Å². The summed E-state index contributed by atoms with van der Waals surface area (Å²) in [5, 5.41) is 9.19. The highest BCUT2D eigenvalue weighted by Gasteiger charge is 2.33. The first kappa shape index (κ1) is 14.5. The molecule has 0 atom stereocenters. The van der Waals surface area contributed by atoms with E-state index < -0.39 is 0 Å². The number of carbonyl (C=O) groups excluding carboxylic acids is 2. The van der Waals surface area contributed by atoms with E-state index in [0.717, 1.165) is 0 Å². The Kier molecular flexibility index (Phi) is 4.08. The Morgan fingerprint density at radius 3 is 3.00 bits per heavy atom. The fourth-order valence-electron chi connectivity index (χ4n) is 2.27. The molecule has 0 radical (unpaired) electrons. The normalized spacial score (nSPS) is 19.2. The maximum absolute atomic E-state index is 12.0. The number of hydrogen-bond donors (Lipinski definition) is 2. The van der Waals surface area contributed by atoms with Gasteiger partial charge in [-0.2, -0.15) is 0 Å². The van der Waals surface area contributed by atoms with Crippen LogP contribution in [0.25, 0.3) is 0 Å². The molecule has 7 heteroatoms. The van der Waals surface area contributed by atoms with Crippen LogP contribution in [-0.4, -0.2) is 47.0 Å². The summed E-state index contributed by atoms with van der Waals surface area (Å²) < 4.78 is 4.95. The Balaban J connectivity index is 1.97. The molecule has 2 N–H and O–H groups in total. The van der Waals surface area contributed by atoms with Crippen LogP contribution >= 0.6 is 0 Å². The van der Waals surface area contributed by atoms with Crippen molar-refractivity contribution in [3.8, 4) is 0 Å². The van der Waals surface area contributed by atoms with Gasteiger partial charge in [-0.1, -0.05) is 5.16 Å². The smallest absolute Gasteiger partial charge is 0.240 e. The van der Waals surface area contributed by atoms with Gasteiger partial charge in [0.2, 0.25) is 17.7 Å². The van der Waals surface area contributed by atoms with E-state index in [9.17, 15) is 9.59 Å². The van der Waals surface area contributed by atoms with Gasteiger partial charge in [-0.05, 0) is 20.8 Å². The summed E-state index contributed by atoms with van der Waals surface area (Å²) in [7, 11) is 0. The summed E-state index contributed by atoms with van der Waals surface area (Å²) in [4.78, 5) is 25.6. The number of nitrogens with zero attached hydrogens (tertiary/aromatic N) is 2. The van der Waals surface area contributed by atoms with E-state index in [1.54, 1.807) is 13.0 Å². The highest BCUT2D eigenvalue weighted by atomic mass is 16.5. The number of aryl methyl sites for hydroxylation is 1. The van der Waals surface area contributed by atoms with E-state index in [0.29, 0.717) is 31.1 Å². The fraction of sp³-hybridized carbons (Fsp3) is 0.615. The van der Waals surface area contributed by atoms with Crippen molar-refractivity contribution in [3.63, 3.8) is 0 Å². The molecular formula is C13H20N4O3. The van der Waals surface area contributed by atoms with Crippen molar-refractivity contribution in [1.82, 2.24) is 15.4 Å². The summed E-state index contributed by atoms with van der Waals surface area (Å²) in [6, 6.07) is 1.66. The van der Waals surface area contributed by atoms with Crippen LogP contribution < -0.4 is 10.6 Å². The van der Waals surface area contributed by atoms with Crippen molar-refractivity contribution in [2.45, 2.75) is 32.7 Å². The van der Waals surface area contributed by atoms with E-state index >= 15 is 0 Å². The Hall–Kier alpha value is -1.89. The molecule has 2 heterocycles. The number of rotatable bonds is 3. The standard InChI is InChI=1S/C13H20N4O3/c1-9-6-12(20-16-9)15-11(19)8-17-5-4-14-10(18)7-13(17,2)3/h6H,4-5,7-8H2,1-3H3,(H,14,18)(H,15,19). The first-order chi connectivity index (χ1) is 9.37. The fourth-order valence-corrected chi connectivity index (χ4v) is 2.27. The molecule has 0 aromatic carbocycles. The molecule has 1 aromatic rings. The van der Waals surface area contributed by atoms with Crippen LogP contribution in [0, 0.1) is 6.92 Å². The molecule has 2 amide bonds. The van der Waals surface area contributed by atoms with Crippen LogP contribution in [0.15, 0.2) is 10.6 Å². The number of hydrogen-bond acceptors (Lipinski definition) is 5. The SMILES string of the molecule is Cc1cc(NC(=O)CN2CCNC(=O)CC2(C)C)on1. The monoisotopic (exact) mass is 280 g/mol. The molecule has 20 heavy (non-hydrogen) atoms. The number of aromatic nitrogens is 1. The van der Waals surface area contributed by atoms with Gasteiger partial charge in [0.15, 0.2) is 0 Å². The zero-order chi connectivity index (χ0) is 14.8. The summed E-state index contributed by atoms with van der Waals surface area (Å²) >= 11 is 0. The van der Waals surface area contributed by atoms with Crippen molar-refractivity contribution in [2.75, 3.05) is 25.0 Å². The molecule has 2 rings (SSSR count). The highest BCUT2D eigenvalue weighted by Crippen LogP contribution is 2.20. The Labute approximate surface area is 117 Å². The minimum Gasteiger partial charge on any atom is -0.355 e. The average molecular weight is 280 g/mol. The van der Waals surface area contributed by atoms with Crippen molar-refractivity contribution in [3.05, 3.63) is 11.8 Å². The zero-order valence-electron chi connectivity index (χ0n) is 12.0. The molecular weight excluding hydrogens is 260 g/mol. The van der Waals surface area contributed by atoms with Gasteiger partial charge in [-0.15, -0.1) is 0 Å². The van der Waals surface area contributed by atoms with Crippen molar-refractivity contribution >= 4 is 17.7 Å². The summed E-state index contributed by atoms with van der Waals surface area (Å²) in [6.45, 7) is 7.11. The van der Waals surface area contributed by atoms with Gasteiger partial charge in [-0.25, -0.2) is 0 Å². The third-order valence-electron chi connectivity index (χ3n) is 3.38. The van der Waals surface area contributed by atoms with Crippen LogP contribution in [0.1, 0.15) is 26.0 Å². The van der Waals surface area contributed by atoms with Crippen molar-refractivity contribution < 1.29 is 14.1 Å². The molecule has 1 aliphatic rings. The van der Waals surface area contributed by atoms with E-state index in [2.05, 4.69) is 15.8 Å². The van der Waals surface area contributed by atoms with E-state index in [4.69, 9.17) is 4.52 Å². The Bertz CT molecular complexity index is 509. The molecule has 1 saturated heterocycles. The van der Waals surface area contributed by atoms with Gasteiger partial charge < -0.3 is 9.84 Å².